The Hall–Kier alpha value is -3.31. The van der Waals surface area contributed by atoms with Gasteiger partial charge in [0.25, 0.3) is 5.56 Å². The number of rotatable bonds is 4. The standard InChI is InChI=1S/C22H28FN5O2S.C7H6F2.C2H6/c1-31-28-14-13-26(11-2-3-19(28)16-4-6-18(23)7-5-16)22(30)17-10-12-27(15-17)20-8-9-21(29)25-24-20;1-5-2-3-6(8)4-7(5)9;1-2/h4-9,17,19H,2-3,10-15H2,1H3,(H,25,29);2-4H,1H3;1-2H3. The van der Waals surface area contributed by atoms with Gasteiger partial charge in [-0.15, -0.1) is 0 Å². The SMILES string of the molecule is CC.CSN1CCN(C(=O)C2CCN(c3ccc(=O)[nH]n3)C2)CCCC1c1ccc(F)cc1.Cc1ccc(F)cc1F. The van der Waals surface area contributed by atoms with E-state index in [1.165, 1.54) is 30.3 Å². The lowest BCUT2D eigenvalue weighted by Crippen LogP contribution is -2.44. The summed E-state index contributed by atoms with van der Waals surface area (Å²) >= 11 is 1.68. The van der Waals surface area contributed by atoms with Crippen molar-refractivity contribution in [2.75, 3.05) is 43.9 Å². The van der Waals surface area contributed by atoms with E-state index in [4.69, 9.17) is 0 Å². The van der Waals surface area contributed by atoms with Gasteiger partial charge < -0.3 is 9.80 Å². The van der Waals surface area contributed by atoms with Crippen LogP contribution in [0, 0.1) is 30.3 Å². The molecule has 0 spiro atoms. The van der Waals surface area contributed by atoms with E-state index in [1.54, 1.807) is 24.9 Å². The highest BCUT2D eigenvalue weighted by atomic mass is 32.2. The average molecular weight is 604 g/mol. The topological polar surface area (TPSA) is 72.5 Å². The molecule has 1 N–H and O–H groups in total. The van der Waals surface area contributed by atoms with Crippen LogP contribution in [-0.2, 0) is 4.79 Å². The lowest BCUT2D eigenvalue weighted by Gasteiger charge is -2.36. The second-order valence-corrected chi connectivity index (χ2v) is 10.8. The summed E-state index contributed by atoms with van der Waals surface area (Å²) in [6, 6.07) is 13.7. The van der Waals surface area contributed by atoms with Crippen LogP contribution in [-0.4, -0.2) is 64.3 Å². The zero-order valence-corrected chi connectivity index (χ0v) is 25.5. The van der Waals surface area contributed by atoms with Crippen molar-refractivity contribution >= 4 is 23.7 Å². The molecule has 1 amide bonds. The lowest BCUT2D eigenvalue weighted by atomic mass is 10.00. The van der Waals surface area contributed by atoms with Crippen molar-refractivity contribution in [2.24, 2.45) is 5.92 Å². The number of halogens is 3. The highest BCUT2D eigenvalue weighted by Gasteiger charge is 2.33. The number of carbonyl (C=O) groups is 1. The number of amides is 1. The van der Waals surface area contributed by atoms with E-state index in [1.807, 2.05) is 30.9 Å². The summed E-state index contributed by atoms with van der Waals surface area (Å²) in [5, 5.41) is 6.55. The second-order valence-electron chi connectivity index (χ2n) is 9.96. The molecule has 0 saturated carbocycles. The molecule has 1 aromatic heterocycles. The molecule has 0 aliphatic carbocycles. The highest BCUT2D eigenvalue weighted by Crippen LogP contribution is 2.32. The first-order chi connectivity index (χ1) is 20.2. The summed E-state index contributed by atoms with van der Waals surface area (Å²) < 4.78 is 40.1. The normalized spacial score (nSPS) is 19.1. The third-order valence-corrected chi connectivity index (χ3v) is 8.21. The number of aryl methyl sites for hydroxylation is 1. The van der Waals surface area contributed by atoms with Crippen LogP contribution in [0.2, 0.25) is 0 Å². The third kappa shape index (κ3) is 9.09. The van der Waals surface area contributed by atoms with Gasteiger partial charge in [0.15, 0.2) is 0 Å². The van der Waals surface area contributed by atoms with Gasteiger partial charge in [0.1, 0.15) is 23.3 Å². The van der Waals surface area contributed by atoms with Gasteiger partial charge in [-0.3, -0.25) is 9.59 Å². The van der Waals surface area contributed by atoms with Crippen molar-refractivity contribution in [1.82, 2.24) is 19.4 Å². The van der Waals surface area contributed by atoms with Crippen molar-refractivity contribution in [3.05, 3.63) is 93.5 Å². The van der Waals surface area contributed by atoms with Crippen LogP contribution >= 0.6 is 11.9 Å². The van der Waals surface area contributed by atoms with Crippen LogP contribution < -0.4 is 10.5 Å². The molecule has 2 aliphatic rings. The number of benzene rings is 2. The molecule has 0 radical (unpaired) electrons. The van der Waals surface area contributed by atoms with Crippen LogP contribution in [0.3, 0.4) is 0 Å². The van der Waals surface area contributed by atoms with E-state index in [-0.39, 0.29) is 29.2 Å². The average Bonchev–Trinajstić information content (AvgIpc) is 3.48. The third-order valence-electron chi connectivity index (χ3n) is 7.30. The number of nitrogens with zero attached hydrogens (tertiary/aromatic N) is 4. The minimum atomic E-state index is -0.530. The molecule has 2 aliphatic heterocycles. The number of hydrogen-bond acceptors (Lipinski definition) is 6. The molecular weight excluding hydrogens is 563 g/mol. The Morgan fingerprint density at radius 1 is 0.929 bits per heavy atom. The molecular formula is C31H40F3N5O2S. The first-order valence-electron chi connectivity index (χ1n) is 14.3. The van der Waals surface area contributed by atoms with E-state index in [0.717, 1.165) is 50.5 Å². The van der Waals surface area contributed by atoms with Gasteiger partial charge in [-0.25, -0.2) is 22.6 Å². The van der Waals surface area contributed by atoms with Gasteiger partial charge in [0.2, 0.25) is 5.91 Å². The molecule has 7 nitrogen and oxygen atoms in total. The van der Waals surface area contributed by atoms with Crippen molar-refractivity contribution in [2.45, 2.75) is 46.1 Å². The molecule has 228 valence electrons. The fraction of sp³-hybridized carbons (Fsp3) is 0.452. The Bertz CT molecular complexity index is 1320. The monoisotopic (exact) mass is 603 g/mol. The molecule has 2 saturated heterocycles. The van der Waals surface area contributed by atoms with Crippen LogP contribution in [0.25, 0.3) is 0 Å². The lowest BCUT2D eigenvalue weighted by molar-refractivity contribution is -0.135. The van der Waals surface area contributed by atoms with E-state index < -0.39 is 11.6 Å². The van der Waals surface area contributed by atoms with Gasteiger partial charge in [-0.05, 0) is 67.8 Å². The summed E-state index contributed by atoms with van der Waals surface area (Å²) in [5.41, 5.74) is 1.36. The fourth-order valence-corrected chi connectivity index (χ4v) is 5.82. The largest absolute Gasteiger partial charge is 0.354 e. The van der Waals surface area contributed by atoms with Gasteiger partial charge in [0, 0.05) is 50.9 Å². The highest BCUT2D eigenvalue weighted by molar-refractivity contribution is 7.96. The minimum Gasteiger partial charge on any atom is -0.354 e. The molecule has 2 fully saturated rings. The van der Waals surface area contributed by atoms with Crippen LogP contribution in [0.15, 0.2) is 59.4 Å². The molecule has 0 bridgehead atoms. The Morgan fingerprint density at radius 2 is 1.64 bits per heavy atom. The molecule has 2 aromatic carbocycles. The van der Waals surface area contributed by atoms with Gasteiger partial charge in [-0.2, -0.15) is 5.10 Å². The van der Waals surface area contributed by atoms with Crippen molar-refractivity contribution in [3.63, 3.8) is 0 Å². The molecule has 2 unspecified atom stereocenters. The molecule has 3 aromatic rings. The number of H-pyrrole nitrogens is 1. The van der Waals surface area contributed by atoms with Gasteiger partial charge in [-0.1, -0.05) is 44.0 Å². The van der Waals surface area contributed by atoms with Gasteiger partial charge >= 0.3 is 0 Å². The van der Waals surface area contributed by atoms with E-state index in [9.17, 15) is 22.8 Å². The first-order valence-corrected chi connectivity index (χ1v) is 15.5. The summed E-state index contributed by atoms with van der Waals surface area (Å²) in [5.74, 6) is -0.381. The maximum absolute atomic E-state index is 13.3. The van der Waals surface area contributed by atoms with Crippen molar-refractivity contribution in [1.29, 1.82) is 0 Å². The van der Waals surface area contributed by atoms with E-state index in [0.29, 0.717) is 24.5 Å². The summed E-state index contributed by atoms with van der Waals surface area (Å²) in [4.78, 5) is 28.5. The summed E-state index contributed by atoms with van der Waals surface area (Å²) in [6.45, 7) is 9.17. The quantitative estimate of drug-likeness (QED) is 0.370. The van der Waals surface area contributed by atoms with Gasteiger partial charge in [0.05, 0.1) is 5.92 Å². The number of aromatic amines is 1. The Balaban J connectivity index is 0.000000373. The van der Waals surface area contributed by atoms with Crippen molar-refractivity contribution < 1.29 is 18.0 Å². The zero-order chi connectivity index (χ0) is 30.6. The van der Waals surface area contributed by atoms with Crippen LogP contribution in [0.4, 0.5) is 19.0 Å². The fourth-order valence-electron chi connectivity index (χ4n) is 5.07. The minimum absolute atomic E-state index is 0.0521. The number of hydrogen-bond donors (Lipinski definition) is 1. The number of carbonyl (C=O) groups excluding carboxylic acids is 1. The maximum atomic E-state index is 13.3. The summed E-state index contributed by atoms with van der Waals surface area (Å²) in [6.07, 6.45) is 4.67. The molecule has 11 heteroatoms. The smallest absolute Gasteiger partial charge is 0.264 e. The Morgan fingerprint density at radius 3 is 2.26 bits per heavy atom. The molecule has 42 heavy (non-hydrogen) atoms. The first kappa shape index (κ1) is 33.2. The van der Waals surface area contributed by atoms with E-state index in [2.05, 4.69) is 25.7 Å². The molecule has 2 atom stereocenters. The maximum Gasteiger partial charge on any atom is 0.264 e. The zero-order valence-electron chi connectivity index (χ0n) is 24.7. The Labute approximate surface area is 250 Å². The summed E-state index contributed by atoms with van der Waals surface area (Å²) in [7, 11) is 0. The molecule has 5 rings (SSSR count). The number of nitrogens with one attached hydrogen (secondary N) is 1. The van der Waals surface area contributed by atoms with E-state index >= 15 is 0 Å². The molecule has 3 heterocycles. The number of aromatic nitrogens is 2. The predicted octanol–water partition coefficient (Wildman–Crippen LogP) is 5.98. The van der Waals surface area contributed by atoms with Crippen LogP contribution in [0.1, 0.15) is 50.3 Å². The van der Waals surface area contributed by atoms with Crippen LogP contribution in [0.5, 0.6) is 0 Å². The second kappa shape index (κ2) is 16.4. The predicted molar refractivity (Wildman–Crippen MR) is 163 cm³/mol. The number of anilines is 1. The van der Waals surface area contributed by atoms with Crippen molar-refractivity contribution in [3.8, 4) is 0 Å². The Kier molecular flexibility index (Phi) is 12.9.